The molecule has 6 heteroatoms. The van der Waals surface area contributed by atoms with Crippen molar-refractivity contribution in [2.75, 3.05) is 13.7 Å². The third-order valence-electron chi connectivity index (χ3n) is 1.96. The molecule has 1 heterocycles. The van der Waals surface area contributed by atoms with E-state index in [2.05, 4.69) is 10.4 Å². The number of nitrogens with zero attached hydrogens (tertiary/aromatic N) is 2. The summed E-state index contributed by atoms with van der Waals surface area (Å²) in [6.45, 7) is 2.75. The van der Waals surface area contributed by atoms with Crippen LogP contribution in [0.1, 0.15) is 6.92 Å². The highest BCUT2D eigenvalue weighted by Crippen LogP contribution is 2.06. The van der Waals surface area contributed by atoms with Crippen molar-refractivity contribution in [2.24, 2.45) is 0 Å². The molecule has 84 valence electrons. The molecule has 0 amide bonds. The fourth-order valence-corrected chi connectivity index (χ4v) is 1.21. The van der Waals surface area contributed by atoms with Gasteiger partial charge in [-0.15, -0.1) is 0 Å². The van der Waals surface area contributed by atoms with E-state index in [9.17, 15) is 4.79 Å². The lowest BCUT2D eigenvalue weighted by atomic mass is 10.3. The lowest BCUT2D eigenvalue weighted by molar-refractivity contribution is -0.139. The Morgan fingerprint density at radius 2 is 2.53 bits per heavy atom. The first-order valence-electron chi connectivity index (χ1n) is 4.70. The molecule has 0 aromatic carbocycles. The molecule has 0 saturated heterocycles. The normalized spacial score (nSPS) is 12.4. The van der Waals surface area contributed by atoms with Gasteiger partial charge in [0.15, 0.2) is 5.75 Å². The Morgan fingerprint density at radius 1 is 1.80 bits per heavy atom. The van der Waals surface area contributed by atoms with E-state index in [0.717, 1.165) is 0 Å². The lowest BCUT2D eigenvalue weighted by Gasteiger charge is -2.12. The predicted octanol–water partition coefficient (Wildman–Crippen LogP) is -0.0456. The predicted molar refractivity (Wildman–Crippen MR) is 53.9 cm³/mol. The van der Waals surface area contributed by atoms with Gasteiger partial charge in [0.05, 0.1) is 26.0 Å². The molecule has 1 atom stereocenters. The highest BCUT2D eigenvalue weighted by Gasteiger charge is 2.16. The minimum absolute atomic E-state index is 0.284. The first kappa shape index (κ1) is 11.5. The molecule has 0 fully saturated rings. The number of nitrogens with one attached hydrogen (secondary N) is 1. The summed E-state index contributed by atoms with van der Waals surface area (Å²) in [6.07, 6.45) is 3.21. The van der Waals surface area contributed by atoms with Gasteiger partial charge in [-0.3, -0.25) is 9.48 Å². The Labute approximate surface area is 87.8 Å². The van der Waals surface area contributed by atoms with Gasteiger partial charge in [0.2, 0.25) is 0 Å². The van der Waals surface area contributed by atoms with Crippen LogP contribution in [0.15, 0.2) is 12.4 Å². The van der Waals surface area contributed by atoms with E-state index in [4.69, 9.17) is 9.84 Å². The molecule has 0 aliphatic carbocycles. The number of aromatic nitrogens is 2. The number of carboxylic acid groups (broad SMARTS) is 1. The average Bonchev–Trinajstić information content (AvgIpc) is 2.65. The fraction of sp³-hybridized carbons (Fsp3) is 0.556. The zero-order valence-corrected chi connectivity index (χ0v) is 8.80. The zero-order valence-electron chi connectivity index (χ0n) is 8.80. The van der Waals surface area contributed by atoms with Gasteiger partial charge in [0.25, 0.3) is 0 Å². The second kappa shape index (κ2) is 5.35. The molecule has 2 N–H and O–H groups in total. The molecule has 0 radical (unpaired) electrons. The van der Waals surface area contributed by atoms with E-state index in [1.165, 1.54) is 0 Å². The van der Waals surface area contributed by atoms with E-state index in [1.807, 2.05) is 6.92 Å². The molecule has 0 aliphatic rings. The number of hydrogen-bond acceptors (Lipinski definition) is 4. The van der Waals surface area contributed by atoms with Gasteiger partial charge in [0.1, 0.15) is 6.04 Å². The molecule has 1 rings (SSSR count). The van der Waals surface area contributed by atoms with Gasteiger partial charge in [-0.1, -0.05) is 6.92 Å². The van der Waals surface area contributed by atoms with E-state index < -0.39 is 12.0 Å². The summed E-state index contributed by atoms with van der Waals surface area (Å²) in [7, 11) is 1.54. The van der Waals surface area contributed by atoms with Crippen LogP contribution in [0.3, 0.4) is 0 Å². The summed E-state index contributed by atoms with van der Waals surface area (Å²) in [6, 6.07) is -0.625. The molecular formula is C9H15N3O3. The van der Waals surface area contributed by atoms with Crippen LogP contribution in [0.25, 0.3) is 0 Å². The third-order valence-corrected chi connectivity index (χ3v) is 1.96. The summed E-state index contributed by atoms with van der Waals surface area (Å²) in [5.74, 6) is -0.262. The Kier molecular flexibility index (Phi) is 4.11. The Bertz CT molecular complexity index is 324. The van der Waals surface area contributed by atoms with Crippen LogP contribution in [0.4, 0.5) is 0 Å². The summed E-state index contributed by atoms with van der Waals surface area (Å²) in [4.78, 5) is 10.8. The van der Waals surface area contributed by atoms with Crippen molar-refractivity contribution in [1.29, 1.82) is 0 Å². The zero-order chi connectivity index (χ0) is 11.3. The van der Waals surface area contributed by atoms with Crippen molar-refractivity contribution in [3.05, 3.63) is 12.4 Å². The van der Waals surface area contributed by atoms with E-state index in [0.29, 0.717) is 12.3 Å². The SMILES string of the molecule is CCNC(Cn1cc(OC)cn1)C(=O)O. The fourth-order valence-electron chi connectivity index (χ4n) is 1.21. The summed E-state index contributed by atoms with van der Waals surface area (Å²) in [5, 5.41) is 15.7. The highest BCUT2D eigenvalue weighted by atomic mass is 16.5. The van der Waals surface area contributed by atoms with E-state index in [-0.39, 0.29) is 6.54 Å². The molecule has 15 heavy (non-hydrogen) atoms. The minimum Gasteiger partial charge on any atom is -0.493 e. The first-order chi connectivity index (χ1) is 7.17. The van der Waals surface area contributed by atoms with Gasteiger partial charge in [-0.2, -0.15) is 5.10 Å². The second-order valence-electron chi connectivity index (χ2n) is 3.05. The Morgan fingerprint density at radius 3 is 3.00 bits per heavy atom. The maximum atomic E-state index is 10.8. The number of rotatable bonds is 6. The average molecular weight is 213 g/mol. The number of carboxylic acids is 1. The summed E-state index contributed by atoms with van der Waals surface area (Å²) in [5.41, 5.74) is 0. The Balaban J connectivity index is 2.61. The van der Waals surface area contributed by atoms with Crippen molar-refractivity contribution in [1.82, 2.24) is 15.1 Å². The van der Waals surface area contributed by atoms with Crippen LogP contribution in [0.2, 0.25) is 0 Å². The van der Waals surface area contributed by atoms with E-state index in [1.54, 1.807) is 24.2 Å². The Hall–Kier alpha value is -1.56. The first-order valence-corrected chi connectivity index (χ1v) is 4.70. The number of aliphatic carboxylic acids is 1. The quantitative estimate of drug-likeness (QED) is 0.693. The van der Waals surface area contributed by atoms with Crippen LogP contribution in [-0.2, 0) is 11.3 Å². The number of carbonyl (C=O) groups is 1. The smallest absolute Gasteiger partial charge is 0.322 e. The van der Waals surface area contributed by atoms with Crippen LogP contribution < -0.4 is 10.1 Å². The molecule has 6 nitrogen and oxygen atoms in total. The van der Waals surface area contributed by atoms with Crippen molar-refractivity contribution >= 4 is 5.97 Å². The topological polar surface area (TPSA) is 76.4 Å². The molecule has 1 aromatic rings. The van der Waals surface area contributed by atoms with Gasteiger partial charge in [-0.05, 0) is 6.54 Å². The van der Waals surface area contributed by atoms with E-state index >= 15 is 0 Å². The maximum Gasteiger partial charge on any atom is 0.322 e. The third kappa shape index (κ3) is 3.25. The summed E-state index contributed by atoms with van der Waals surface area (Å²) < 4.78 is 6.49. The van der Waals surface area contributed by atoms with Crippen LogP contribution in [0, 0.1) is 0 Å². The maximum absolute atomic E-state index is 10.8. The molecular weight excluding hydrogens is 198 g/mol. The molecule has 1 unspecified atom stereocenters. The van der Waals surface area contributed by atoms with Crippen LogP contribution in [-0.4, -0.2) is 40.6 Å². The minimum atomic E-state index is -0.883. The van der Waals surface area contributed by atoms with Gasteiger partial charge < -0.3 is 15.2 Å². The number of likely N-dealkylation sites (N-methyl/N-ethyl adjacent to an activating group) is 1. The molecule has 1 aromatic heterocycles. The van der Waals surface area contributed by atoms with Crippen LogP contribution in [0.5, 0.6) is 5.75 Å². The number of hydrogen-bond donors (Lipinski definition) is 2. The van der Waals surface area contributed by atoms with Crippen molar-refractivity contribution < 1.29 is 14.6 Å². The molecule has 0 aliphatic heterocycles. The van der Waals surface area contributed by atoms with Crippen molar-refractivity contribution in [3.63, 3.8) is 0 Å². The number of ether oxygens (including phenoxy) is 1. The van der Waals surface area contributed by atoms with Gasteiger partial charge in [0, 0.05) is 0 Å². The molecule has 0 saturated carbocycles. The van der Waals surface area contributed by atoms with Gasteiger partial charge in [-0.25, -0.2) is 0 Å². The lowest BCUT2D eigenvalue weighted by Crippen LogP contribution is -2.40. The second-order valence-corrected chi connectivity index (χ2v) is 3.05. The monoisotopic (exact) mass is 213 g/mol. The summed E-state index contributed by atoms with van der Waals surface area (Å²) >= 11 is 0. The van der Waals surface area contributed by atoms with Crippen molar-refractivity contribution in [2.45, 2.75) is 19.5 Å². The molecule has 0 spiro atoms. The largest absolute Gasteiger partial charge is 0.493 e. The van der Waals surface area contributed by atoms with Crippen LogP contribution >= 0.6 is 0 Å². The van der Waals surface area contributed by atoms with Gasteiger partial charge >= 0.3 is 5.97 Å². The standard InChI is InChI=1S/C9H15N3O3/c1-3-10-8(9(13)14)6-12-5-7(15-2)4-11-12/h4-5,8,10H,3,6H2,1-2H3,(H,13,14). The molecule has 0 bridgehead atoms. The highest BCUT2D eigenvalue weighted by molar-refractivity contribution is 5.73. The number of methoxy groups -OCH3 is 1. The van der Waals surface area contributed by atoms with Crippen molar-refractivity contribution in [3.8, 4) is 5.75 Å².